The van der Waals surface area contributed by atoms with Crippen LogP contribution in [0.4, 0.5) is 17.3 Å². The summed E-state index contributed by atoms with van der Waals surface area (Å²) in [4.78, 5) is 24.7. The highest BCUT2D eigenvalue weighted by molar-refractivity contribution is 5.95. The van der Waals surface area contributed by atoms with E-state index < -0.39 is 6.04 Å². The van der Waals surface area contributed by atoms with Crippen molar-refractivity contribution in [1.82, 2.24) is 14.9 Å². The van der Waals surface area contributed by atoms with Crippen molar-refractivity contribution < 1.29 is 9.90 Å². The number of nitrogens with one attached hydrogen (secondary N) is 2. The fourth-order valence-corrected chi connectivity index (χ4v) is 4.85. The van der Waals surface area contributed by atoms with E-state index in [0.29, 0.717) is 11.6 Å². The summed E-state index contributed by atoms with van der Waals surface area (Å²) >= 11 is 0. The largest absolute Gasteiger partial charge is 0.395 e. The molecule has 0 saturated carbocycles. The summed E-state index contributed by atoms with van der Waals surface area (Å²) in [7, 11) is 0. The molecule has 3 N–H and O–H groups in total. The number of aliphatic hydroxyl groups is 1. The zero-order valence-electron chi connectivity index (χ0n) is 20.6. The molecule has 1 aliphatic heterocycles. The van der Waals surface area contributed by atoms with Crippen molar-refractivity contribution in [1.29, 1.82) is 0 Å². The number of piperidine rings is 1. The molecule has 7 nitrogen and oxygen atoms in total. The molecule has 4 aromatic rings. The van der Waals surface area contributed by atoms with Gasteiger partial charge in [-0.15, -0.1) is 0 Å². The van der Waals surface area contributed by atoms with Crippen molar-refractivity contribution in [2.45, 2.75) is 31.3 Å². The van der Waals surface area contributed by atoms with Crippen molar-refractivity contribution in [2.24, 2.45) is 0 Å². The van der Waals surface area contributed by atoms with Crippen LogP contribution in [0, 0.1) is 0 Å². The van der Waals surface area contributed by atoms with Crippen molar-refractivity contribution >= 4 is 23.2 Å². The number of hydrogen-bond acceptors (Lipinski definition) is 6. The number of benzene rings is 3. The number of aromatic nitrogens is 2. The Balaban J connectivity index is 1.32. The van der Waals surface area contributed by atoms with Crippen LogP contribution in [0.25, 0.3) is 11.3 Å². The van der Waals surface area contributed by atoms with Gasteiger partial charge in [0, 0.05) is 29.2 Å². The summed E-state index contributed by atoms with van der Waals surface area (Å²) in [6.45, 7) is 0.829. The van der Waals surface area contributed by atoms with Crippen molar-refractivity contribution in [2.75, 3.05) is 23.8 Å². The van der Waals surface area contributed by atoms with E-state index in [1.54, 1.807) is 6.20 Å². The zero-order chi connectivity index (χ0) is 25.5. The van der Waals surface area contributed by atoms with Gasteiger partial charge in [-0.2, -0.15) is 0 Å². The first-order valence-electron chi connectivity index (χ1n) is 12.7. The summed E-state index contributed by atoms with van der Waals surface area (Å²) in [5.74, 6) is 0.419. The number of hydrogen-bond donors (Lipinski definition) is 3. The first kappa shape index (κ1) is 24.6. The standard InChI is InChI=1S/C30H31N5O2/c36-21-26-13-7-8-20-35(26)28(23-9-3-1-4-10-23)29(37)32-25-16-14-22(15-17-25)27-18-19-31-30(34-27)33-24-11-5-2-6-12-24/h1-6,9-12,14-19,26,28,36H,7-8,13,20-21H2,(H,32,37)(H,31,33,34)/t26-,28?/m1/s1. The molecule has 5 rings (SSSR count). The van der Waals surface area contributed by atoms with Crippen molar-refractivity contribution in [3.8, 4) is 11.3 Å². The number of carbonyl (C=O) groups excluding carboxylic acids is 1. The summed E-state index contributed by atoms with van der Waals surface area (Å²) < 4.78 is 0. The van der Waals surface area contributed by atoms with Gasteiger partial charge in [0.1, 0.15) is 6.04 Å². The molecule has 1 fully saturated rings. The number of likely N-dealkylation sites (tertiary alicyclic amines) is 1. The number of rotatable bonds is 8. The Morgan fingerprint density at radius 1 is 0.919 bits per heavy atom. The molecule has 0 aliphatic carbocycles. The second-order valence-electron chi connectivity index (χ2n) is 9.21. The minimum Gasteiger partial charge on any atom is -0.395 e. The Labute approximate surface area is 217 Å². The molecule has 1 saturated heterocycles. The molecule has 2 heterocycles. The van der Waals surface area contributed by atoms with E-state index in [-0.39, 0.29) is 18.6 Å². The molecule has 3 aromatic carbocycles. The van der Waals surface area contributed by atoms with Crippen LogP contribution < -0.4 is 10.6 Å². The van der Waals surface area contributed by atoms with Crippen LogP contribution in [0.1, 0.15) is 30.9 Å². The Kier molecular flexibility index (Phi) is 7.84. The second-order valence-corrected chi connectivity index (χ2v) is 9.21. The molecule has 1 aromatic heterocycles. The van der Waals surface area contributed by atoms with Crippen LogP contribution in [0.3, 0.4) is 0 Å². The summed E-state index contributed by atoms with van der Waals surface area (Å²) in [6.07, 6.45) is 4.70. The lowest BCUT2D eigenvalue weighted by atomic mass is 9.96. The third kappa shape index (κ3) is 6.02. The van der Waals surface area contributed by atoms with Crippen LogP contribution in [-0.2, 0) is 4.79 Å². The molecule has 1 aliphatic rings. The van der Waals surface area contributed by atoms with Crippen molar-refractivity contribution in [3.63, 3.8) is 0 Å². The van der Waals surface area contributed by atoms with Gasteiger partial charge in [0.15, 0.2) is 0 Å². The Bertz CT molecular complexity index is 1300. The average Bonchev–Trinajstić information content (AvgIpc) is 2.95. The van der Waals surface area contributed by atoms with E-state index in [9.17, 15) is 9.90 Å². The minimum absolute atomic E-state index is 0.0245. The van der Waals surface area contributed by atoms with Gasteiger partial charge in [-0.1, -0.05) is 67.1 Å². The number of aliphatic hydroxyl groups excluding tert-OH is 1. The first-order chi connectivity index (χ1) is 18.2. The maximum absolute atomic E-state index is 13.6. The van der Waals surface area contributed by atoms with E-state index in [1.807, 2.05) is 91.0 Å². The monoisotopic (exact) mass is 493 g/mol. The van der Waals surface area contributed by atoms with E-state index in [2.05, 4.69) is 25.5 Å². The quantitative estimate of drug-likeness (QED) is 0.304. The van der Waals surface area contributed by atoms with Crippen molar-refractivity contribution in [3.05, 3.63) is 103 Å². The molecule has 188 valence electrons. The van der Waals surface area contributed by atoms with Gasteiger partial charge in [0.2, 0.25) is 11.9 Å². The molecular formula is C30H31N5O2. The van der Waals surface area contributed by atoms with Gasteiger partial charge in [0.05, 0.1) is 12.3 Å². The fraction of sp³-hybridized carbons (Fsp3) is 0.233. The van der Waals surface area contributed by atoms with Gasteiger partial charge in [-0.05, 0) is 55.3 Å². The van der Waals surface area contributed by atoms with Gasteiger partial charge in [-0.25, -0.2) is 9.97 Å². The Hall–Kier alpha value is -4.07. The number of para-hydroxylation sites is 1. The van der Waals surface area contributed by atoms with Crippen LogP contribution >= 0.6 is 0 Å². The van der Waals surface area contributed by atoms with Crippen LogP contribution in [0.15, 0.2) is 97.2 Å². The van der Waals surface area contributed by atoms with Crippen LogP contribution in [0.2, 0.25) is 0 Å². The second kappa shape index (κ2) is 11.8. The highest BCUT2D eigenvalue weighted by Crippen LogP contribution is 2.30. The highest BCUT2D eigenvalue weighted by Gasteiger charge is 2.34. The molecule has 2 atom stereocenters. The van der Waals surface area contributed by atoms with Gasteiger partial charge in [-0.3, -0.25) is 9.69 Å². The van der Waals surface area contributed by atoms with Crippen LogP contribution in [0.5, 0.6) is 0 Å². The highest BCUT2D eigenvalue weighted by atomic mass is 16.3. The van der Waals surface area contributed by atoms with Gasteiger partial charge in [0.25, 0.3) is 0 Å². The lowest BCUT2D eigenvalue weighted by Gasteiger charge is -2.39. The zero-order valence-corrected chi connectivity index (χ0v) is 20.6. The summed E-state index contributed by atoms with van der Waals surface area (Å²) in [5, 5.41) is 16.3. The molecule has 1 amide bonds. The fourth-order valence-electron chi connectivity index (χ4n) is 4.85. The summed E-state index contributed by atoms with van der Waals surface area (Å²) in [5.41, 5.74) is 4.27. The normalized spacial score (nSPS) is 16.6. The molecule has 7 heteroatoms. The molecule has 37 heavy (non-hydrogen) atoms. The lowest BCUT2D eigenvalue weighted by molar-refractivity contribution is -0.123. The topological polar surface area (TPSA) is 90.4 Å². The van der Waals surface area contributed by atoms with Crippen LogP contribution in [-0.4, -0.2) is 45.1 Å². The Morgan fingerprint density at radius 3 is 2.38 bits per heavy atom. The maximum atomic E-state index is 13.6. The van der Waals surface area contributed by atoms with E-state index in [0.717, 1.165) is 48.3 Å². The SMILES string of the molecule is O=C(Nc1ccc(-c2ccnc(Nc3ccccc3)n2)cc1)C(c1ccccc1)N1CCCC[C@@H]1CO. The average molecular weight is 494 g/mol. The number of carbonyl (C=O) groups is 1. The number of nitrogens with zero attached hydrogens (tertiary/aromatic N) is 3. The maximum Gasteiger partial charge on any atom is 0.246 e. The first-order valence-corrected chi connectivity index (χ1v) is 12.7. The van der Waals surface area contributed by atoms with E-state index in [1.165, 1.54) is 0 Å². The minimum atomic E-state index is -0.466. The Morgan fingerprint density at radius 2 is 1.65 bits per heavy atom. The van der Waals surface area contributed by atoms with Gasteiger partial charge < -0.3 is 15.7 Å². The lowest BCUT2D eigenvalue weighted by Crippen LogP contribution is -2.47. The van der Waals surface area contributed by atoms with Gasteiger partial charge >= 0.3 is 0 Å². The predicted molar refractivity (Wildman–Crippen MR) is 146 cm³/mol. The van der Waals surface area contributed by atoms with E-state index >= 15 is 0 Å². The van der Waals surface area contributed by atoms with E-state index in [4.69, 9.17) is 0 Å². The molecule has 0 radical (unpaired) electrons. The smallest absolute Gasteiger partial charge is 0.246 e. The molecule has 0 bridgehead atoms. The third-order valence-corrected chi connectivity index (χ3v) is 6.71. The third-order valence-electron chi connectivity index (χ3n) is 6.71. The number of anilines is 3. The summed E-state index contributed by atoms with van der Waals surface area (Å²) in [6, 6.07) is 28.6. The number of amides is 1. The molecule has 1 unspecified atom stereocenters. The predicted octanol–water partition coefficient (Wildman–Crippen LogP) is 5.41. The molecule has 0 spiro atoms. The molecular weight excluding hydrogens is 462 g/mol.